The number of halogens is 1. The lowest BCUT2D eigenvalue weighted by atomic mass is 10.0. The van der Waals surface area contributed by atoms with Gasteiger partial charge in [0.05, 0.1) is 13.5 Å². The van der Waals surface area contributed by atoms with Crippen LogP contribution in [0.4, 0.5) is 0 Å². The summed E-state index contributed by atoms with van der Waals surface area (Å²) in [4.78, 5) is 11.1. The van der Waals surface area contributed by atoms with Crippen LogP contribution in [-0.4, -0.2) is 13.1 Å². The maximum Gasteiger partial charge on any atom is 0.307 e. The second-order valence-corrected chi connectivity index (χ2v) is 4.27. The van der Waals surface area contributed by atoms with E-state index >= 15 is 0 Å². The molecule has 0 radical (unpaired) electrons. The van der Waals surface area contributed by atoms with Crippen LogP contribution in [0.2, 0.25) is 0 Å². The molecule has 0 saturated heterocycles. The van der Waals surface area contributed by atoms with Gasteiger partial charge in [-0.05, 0) is 24.1 Å². The van der Waals surface area contributed by atoms with Gasteiger partial charge in [-0.25, -0.2) is 0 Å². The molecule has 1 atom stereocenters. The van der Waals surface area contributed by atoms with E-state index in [1.54, 1.807) is 0 Å². The number of hydrogen-bond donors (Lipinski definition) is 1. The van der Waals surface area contributed by atoms with Crippen LogP contribution >= 0.6 is 15.9 Å². The first-order valence-corrected chi connectivity index (χ1v) is 5.42. The highest BCUT2D eigenvalue weighted by molar-refractivity contribution is 9.10. The van der Waals surface area contributed by atoms with Crippen LogP contribution in [0.25, 0.3) is 0 Å². The normalized spacial score (nSPS) is 12.3. The molecule has 1 aromatic rings. The van der Waals surface area contributed by atoms with E-state index in [-0.39, 0.29) is 18.4 Å². The Kier molecular flexibility index (Phi) is 4.29. The fraction of sp³-hybridized carbons (Fsp3) is 0.364. The summed E-state index contributed by atoms with van der Waals surface area (Å²) in [5.41, 5.74) is 7.96. The topological polar surface area (TPSA) is 52.3 Å². The standard InChI is InChI=1S/C11H14BrNO2/c1-7-3-4-8(9(12)5-7)10(13)6-11(14)15-2/h3-5,10H,6,13H2,1-2H3/t10-/m0/s1. The van der Waals surface area contributed by atoms with Gasteiger partial charge in [-0.1, -0.05) is 28.1 Å². The molecule has 0 unspecified atom stereocenters. The molecule has 0 heterocycles. The van der Waals surface area contributed by atoms with Crippen LogP contribution in [-0.2, 0) is 9.53 Å². The first-order chi connectivity index (χ1) is 7.04. The third kappa shape index (κ3) is 3.32. The van der Waals surface area contributed by atoms with Gasteiger partial charge in [0.2, 0.25) is 0 Å². The number of esters is 1. The average molecular weight is 272 g/mol. The quantitative estimate of drug-likeness (QED) is 0.859. The minimum absolute atomic E-state index is 0.193. The van der Waals surface area contributed by atoms with Gasteiger partial charge in [-0.15, -0.1) is 0 Å². The maximum absolute atomic E-state index is 11.1. The largest absolute Gasteiger partial charge is 0.469 e. The van der Waals surface area contributed by atoms with E-state index in [1.165, 1.54) is 7.11 Å². The predicted molar refractivity (Wildman–Crippen MR) is 62.4 cm³/mol. The van der Waals surface area contributed by atoms with Crippen LogP contribution in [0.3, 0.4) is 0 Å². The van der Waals surface area contributed by atoms with Crippen LogP contribution in [0.1, 0.15) is 23.6 Å². The number of rotatable bonds is 3. The van der Waals surface area contributed by atoms with Gasteiger partial charge in [0, 0.05) is 10.5 Å². The van der Waals surface area contributed by atoms with Gasteiger partial charge >= 0.3 is 5.97 Å². The summed E-state index contributed by atoms with van der Waals surface area (Å²) in [7, 11) is 1.36. The van der Waals surface area contributed by atoms with Crippen molar-refractivity contribution in [1.29, 1.82) is 0 Å². The third-order valence-corrected chi connectivity index (χ3v) is 2.86. The molecule has 0 fully saturated rings. The zero-order valence-corrected chi connectivity index (χ0v) is 10.4. The van der Waals surface area contributed by atoms with Crippen molar-refractivity contribution in [3.8, 4) is 0 Å². The summed E-state index contributed by atoms with van der Waals surface area (Å²) >= 11 is 3.43. The van der Waals surface area contributed by atoms with Gasteiger partial charge in [-0.3, -0.25) is 4.79 Å². The molecular formula is C11H14BrNO2. The molecule has 0 amide bonds. The molecule has 1 aromatic carbocycles. The lowest BCUT2D eigenvalue weighted by Crippen LogP contribution is -2.16. The lowest BCUT2D eigenvalue weighted by molar-refractivity contribution is -0.141. The molecule has 4 heteroatoms. The van der Waals surface area contributed by atoms with Gasteiger partial charge < -0.3 is 10.5 Å². The second-order valence-electron chi connectivity index (χ2n) is 3.41. The van der Waals surface area contributed by atoms with E-state index in [0.29, 0.717) is 0 Å². The Balaban J connectivity index is 2.82. The van der Waals surface area contributed by atoms with Crippen molar-refractivity contribution in [2.45, 2.75) is 19.4 Å². The minimum atomic E-state index is -0.326. The Bertz CT molecular complexity index is 366. The Labute approximate surface area is 97.7 Å². The molecule has 0 bridgehead atoms. The molecule has 0 spiro atoms. The molecule has 0 aliphatic carbocycles. The maximum atomic E-state index is 11.1. The molecule has 15 heavy (non-hydrogen) atoms. The number of nitrogens with two attached hydrogens (primary N) is 1. The fourth-order valence-corrected chi connectivity index (χ4v) is 2.09. The molecule has 1 rings (SSSR count). The first kappa shape index (κ1) is 12.2. The summed E-state index contributed by atoms with van der Waals surface area (Å²) in [6, 6.07) is 5.55. The number of benzene rings is 1. The van der Waals surface area contributed by atoms with Gasteiger partial charge in [0.1, 0.15) is 0 Å². The van der Waals surface area contributed by atoms with Crippen LogP contribution < -0.4 is 5.73 Å². The number of ether oxygens (including phenoxy) is 1. The van der Waals surface area contributed by atoms with Crippen LogP contribution in [0.15, 0.2) is 22.7 Å². The van der Waals surface area contributed by atoms with Crippen molar-refractivity contribution in [2.75, 3.05) is 7.11 Å². The van der Waals surface area contributed by atoms with Gasteiger partial charge in [-0.2, -0.15) is 0 Å². The molecule has 82 valence electrons. The van der Waals surface area contributed by atoms with Gasteiger partial charge in [0.15, 0.2) is 0 Å². The monoisotopic (exact) mass is 271 g/mol. The number of methoxy groups -OCH3 is 1. The lowest BCUT2D eigenvalue weighted by Gasteiger charge is -2.12. The highest BCUT2D eigenvalue weighted by Crippen LogP contribution is 2.25. The zero-order chi connectivity index (χ0) is 11.4. The van der Waals surface area contributed by atoms with Crippen molar-refractivity contribution < 1.29 is 9.53 Å². The highest BCUT2D eigenvalue weighted by Gasteiger charge is 2.14. The van der Waals surface area contributed by atoms with Crippen molar-refractivity contribution in [3.63, 3.8) is 0 Å². The predicted octanol–water partition coefficient (Wildman–Crippen LogP) is 2.32. The number of carbonyl (C=O) groups is 1. The molecular weight excluding hydrogens is 258 g/mol. The Morgan fingerprint density at radius 2 is 2.27 bits per heavy atom. The van der Waals surface area contributed by atoms with E-state index in [4.69, 9.17) is 5.73 Å². The van der Waals surface area contributed by atoms with Crippen molar-refractivity contribution >= 4 is 21.9 Å². The number of hydrogen-bond acceptors (Lipinski definition) is 3. The molecule has 0 saturated carbocycles. The van der Waals surface area contributed by atoms with Crippen LogP contribution in [0.5, 0.6) is 0 Å². The first-order valence-electron chi connectivity index (χ1n) is 4.63. The SMILES string of the molecule is COC(=O)C[C@H](N)c1ccc(C)cc1Br. The average Bonchev–Trinajstić information content (AvgIpc) is 2.17. The Morgan fingerprint density at radius 3 is 2.80 bits per heavy atom. The molecule has 2 N–H and O–H groups in total. The summed E-state index contributed by atoms with van der Waals surface area (Å²) in [6.07, 6.45) is 0.193. The molecule has 3 nitrogen and oxygen atoms in total. The van der Waals surface area contributed by atoms with Crippen molar-refractivity contribution in [2.24, 2.45) is 5.73 Å². The number of aryl methyl sites for hydroxylation is 1. The molecule has 0 aromatic heterocycles. The van der Waals surface area contributed by atoms with Gasteiger partial charge in [0.25, 0.3) is 0 Å². The van der Waals surface area contributed by atoms with Crippen LogP contribution in [0, 0.1) is 6.92 Å². The Morgan fingerprint density at radius 1 is 1.60 bits per heavy atom. The van der Waals surface area contributed by atoms with E-state index < -0.39 is 0 Å². The Hall–Kier alpha value is -0.870. The fourth-order valence-electron chi connectivity index (χ4n) is 1.31. The van der Waals surface area contributed by atoms with Crippen molar-refractivity contribution in [3.05, 3.63) is 33.8 Å². The van der Waals surface area contributed by atoms with Crippen molar-refractivity contribution in [1.82, 2.24) is 0 Å². The third-order valence-electron chi connectivity index (χ3n) is 2.17. The van der Waals surface area contributed by atoms with E-state index in [2.05, 4.69) is 20.7 Å². The zero-order valence-electron chi connectivity index (χ0n) is 8.79. The van der Waals surface area contributed by atoms with E-state index in [1.807, 2.05) is 25.1 Å². The summed E-state index contributed by atoms with van der Waals surface area (Å²) in [6.45, 7) is 2.00. The smallest absolute Gasteiger partial charge is 0.307 e. The second kappa shape index (κ2) is 5.28. The summed E-state index contributed by atoms with van der Waals surface area (Å²) in [5, 5.41) is 0. The molecule has 0 aliphatic rings. The minimum Gasteiger partial charge on any atom is -0.469 e. The summed E-state index contributed by atoms with van der Waals surface area (Å²) < 4.78 is 5.50. The van der Waals surface area contributed by atoms with E-state index in [0.717, 1.165) is 15.6 Å². The molecule has 0 aliphatic heterocycles. The van der Waals surface area contributed by atoms with E-state index in [9.17, 15) is 4.79 Å². The summed E-state index contributed by atoms with van der Waals surface area (Å²) in [5.74, 6) is -0.296. The highest BCUT2D eigenvalue weighted by atomic mass is 79.9. The number of carbonyl (C=O) groups excluding carboxylic acids is 1.